The van der Waals surface area contributed by atoms with E-state index < -0.39 is 6.10 Å². The number of hydrogen-bond donors (Lipinski definition) is 2. The molecule has 4 heteroatoms. The molecule has 2 N–H and O–H groups in total. The number of rotatable bonds is 3. The number of carbonyl (C=O) groups excluding carboxylic acids is 1. The fraction of sp³-hybridized carbons (Fsp3) is 0.438. The van der Waals surface area contributed by atoms with Crippen molar-refractivity contribution in [1.82, 2.24) is 4.57 Å². The van der Waals surface area contributed by atoms with Crippen molar-refractivity contribution in [3.05, 3.63) is 35.0 Å². The third kappa shape index (κ3) is 2.05. The van der Waals surface area contributed by atoms with E-state index in [-0.39, 0.29) is 18.9 Å². The zero-order valence-corrected chi connectivity index (χ0v) is 11.6. The molecule has 0 radical (unpaired) electrons. The number of aromatic nitrogens is 1. The minimum Gasteiger partial charge on any atom is -0.394 e. The van der Waals surface area contributed by atoms with Gasteiger partial charge in [-0.25, -0.2) is 0 Å². The summed E-state index contributed by atoms with van der Waals surface area (Å²) < 4.78 is 1.88. The number of hydrogen-bond acceptors (Lipinski definition) is 3. The summed E-state index contributed by atoms with van der Waals surface area (Å²) in [6.45, 7) is 2.00. The highest BCUT2D eigenvalue weighted by molar-refractivity contribution is 6.04. The standard InChI is InChI=1S/C16H19NO3/c1-10-5-6-14-13(7-10)12-3-2-4-15(20)16(12)17(14)8-11(19)9-18/h5-7,11,18-19H,2-4,8-9H2,1H3. The average Bonchev–Trinajstić information content (AvgIpc) is 2.74. The van der Waals surface area contributed by atoms with E-state index in [4.69, 9.17) is 5.11 Å². The van der Waals surface area contributed by atoms with Crippen LogP contribution in [0.15, 0.2) is 18.2 Å². The van der Waals surface area contributed by atoms with E-state index >= 15 is 0 Å². The number of aryl methyl sites for hydroxylation is 2. The van der Waals surface area contributed by atoms with Crippen LogP contribution < -0.4 is 0 Å². The summed E-state index contributed by atoms with van der Waals surface area (Å²) in [5.74, 6) is 0.144. The molecular formula is C16H19NO3. The molecule has 3 rings (SSSR count). The van der Waals surface area contributed by atoms with Crippen LogP contribution in [0.1, 0.15) is 34.5 Å². The zero-order chi connectivity index (χ0) is 14.3. The lowest BCUT2D eigenvalue weighted by Crippen LogP contribution is -2.23. The molecule has 0 amide bonds. The first kappa shape index (κ1) is 13.3. The molecule has 106 valence electrons. The topological polar surface area (TPSA) is 62.5 Å². The van der Waals surface area contributed by atoms with Gasteiger partial charge in [0.05, 0.1) is 24.9 Å². The summed E-state index contributed by atoms with van der Waals surface area (Å²) in [7, 11) is 0. The van der Waals surface area contributed by atoms with Gasteiger partial charge in [0.1, 0.15) is 0 Å². The molecule has 0 spiro atoms. The second kappa shape index (κ2) is 5.04. The van der Waals surface area contributed by atoms with Crippen molar-refractivity contribution in [3.8, 4) is 0 Å². The van der Waals surface area contributed by atoms with Gasteiger partial charge >= 0.3 is 0 Å². The van der Waals surface area contributed by atoms with Crippen LogP contribution in [-0.4, -0.2) is 33.3 Å². The predicted molar refractivity (Wildman–Crippen MR) is 77.0 cm³/mol. The molecule has 0 saturated heterocycles. The Hall–Kier alpha value is -1.65. The molecule has 1 aliphatic carbocycles. The lowest BCUT2D eigenvalue weighted by atomic mass is 9.94. The lowest BCUT2D eigenvalue weighted by molar-refractivity contribution is 0.0798. The Balaban J connectivity index is 2.25. The molecular weight excluding hydrogens is 254 g/mol. The Morgan fingerprint density at radius 3 is 2.90 bits per heavy atom. The molecule has 1 atom stereocenters. The van der Waals surface area contributed by atoms with Gasteiger partial charge in [0.2, 0.25) is 0 Å². The van der Waals surface area contributed by atoms with Crippen LogP contribution in [0.3, 0.4) is 0 Å². The van der Waals surface area contributed by atoms with Crippen molar-refractivity contribution in [3.63, 3.8) is 0 Å². The Bertz CT molecular complexity index is 672. The molecule has 1 heterocycles. The molecule has 0 saturated carbocycles. The van der Waals surface area contributed by atoms with Crippen LogP contribution in [0.4, 0.5) is 0 Å². The van der Waals surface area contributed by atoms with Crippen LogP contribution in [0.25, 0.3) is 10.9 Å². The quantitative estimate of drug-likeness (QED) is 0.896. The van der Waals surface area contributed by atoms with Gasteiger partial charge in [0.15, 0.2) is 5.78 Å². The first-order chi connectivity index (χ1) is 9.61. The highest BCUT2D eigenvalue weighted by Crippen LogP contribution is 2.33. The number of nitrogens with zero attached hydrogens (tertiary/aromatic N) is 1. The van der Waals surface area contributed by atoms with Gasteiger partial charge in [0, 0.05) is 17.3 Å². The molecule has 0 bridgehead atoms. The van der Waals surface area contributed by atoms with Crippen molar-refractivity contribution < 1.29 is 15.0 Å². The molecule has 20 heavy (non-hydrogen) atoms. The van der Waals surface area contributed by atoms with Crippen LogP contribution in [0.2, 0.25) is 0 Å². The van der Waals surface area contributed by atoms with E-state index in [1.54, 1.807) is 0 Å². The molecule has 1 aromatic carbocycles. The Labute approximate surface area is 117 Å². The Morgan fingerprint density at radius 1 is 1.35 bits per heavy atom. The molecule has 2 aromatic rings. The van der Waals surface area contributed by atoms with Gasteiger partial charge in [-0.1, -0.05) is 11.6 Å². The zero-order valence-electron chi connectivity index (χ0n) is 11.6. The smallest absolute Gasteiger partial charge is 0.179 e. The van der Waals surface area contributed by atoms with Crippen LogP contribution in [0.5, 0.6) is 0 Å². The van der Waals surface area contributed by atoms with Crippen molar-refractivity contribution >= 4 is 16.7 Å². The monoisotopic (exact) mass is 273 g/mol. The minimum atomic E-state index is -0.842. The van der Waals surface area contributed by atoms with Crippen molar-refractivity contribution in [2.24, 2.45) is 0 Å². The number of benzene rings is 1. The fourth-order valence-corrected chi connectivity index (χ4v) is 3.11. The third-order valence-corrected chi connectivity index (χ3v) is 4.02. The summed E-state index contributed by atoms with van der Waals surface area (Å²) in [4.78, 5) is 12.3. The second-order valence-electron chi connectivity index (χ2n) is 5.57. The average molecular weight is 273 g/mol. The molecule has 1 unspecified atom stereocenters. The molecule has 0 aliphatic heterocycles. The van der Waals surface area contributed by atoms with E-state index in [0.717, 1.165) is 40.6 Å². The summed E-state index contributed by atoms with van der Waals surface area (Å²) in [6, 6.07) is 6.12. The van der Waals surface area contributed by atoms with E-state index in [1.165, 1.54) is 0 Å². The Kier molecular flexibility index (Phi) is 3.36. The van der Waals surface area contributed by atoms with Crippen LogP contribution >= 0.6 is 0 Å². The van der Waals surface area contributed by atoms with E-state index in [9.17, 15) is 9.90 Å². The maximum absolute atomic E-state index is 12.3. The highest BCUT2D eigenvalue weighted by atomic mass is 16.3. The Morgan fingerprint density at radius 2 is 2.15 bits per heavy atom. The number of carbonyl (C=O) groups is 1. The van der Waals surface area contributed by atoms with Gasteiger partial charge in [-0.05, 0) is 37.5 Å². The first-order valence-corrected chi connectivity index (χ1v) is 7.05. The predicted octanol–water partition coefficient (Wildman–Crippen LogP) is 1.82. The summed E-state index contributed by atoms with van der Waals surface area (Å²) in [6.07, 6.45) is 1.52. The van der Waals surface area contributed by atoms with Gasteiger partial charge in [-0.3, -0.25) is 4.79 Å². The minimum absolute atomic E-state index is 0.144. The largest absolute Gasteiger partial charge is 0.394 e. The SMILES string of the molecule is Cc1ccc2c(c1)c1c(n2CC(O)CO)C(=O)CCC1. The third-order valence-electron chi connectivity index (χ3n) is 4.02. The number of fused-ring (bicyclic) bond motifs is 3. The van der Waals surface area contributed by atoms with E-state index in [2.05, 4.69) is 6.07 Å². The van der Waals surface area contributed by atoms with Crippen LogP contribution in [-0.2, 0) is 13.0 Å². The number of aliphatic hydroxyl groups is 2. The molecule has 0 fully saturated rings. The molecule has 1 aromatic heterocycles. The van der Waals surface area contributed by atoms with Gasteiger partial charge < -0.3 is 14.8 Å². The fourth-order valence-electron chi connectivity index (χ4n) is 3.11. The van der Waals surface area contributed by atoms with E-state index in [1.807, 2.05) is 23.6 Å². The van der Waals surface area contributed by atoms with Gasteiger partial charge in [-0.15, -0.1) is 0 Å². The molecule has 1 aliphatic rings. The first-order valence-electron chi connectivity index (χ1n) is 7.05. The number of ketones is 1. The number of Topliss-reactive ketones (excluding diaryl/α,β-unsaturated/α-hetero) is 1. The molecule has 4 nitrogen and oxygen atoms in total. The van der Waals surface area contributed by atoms with Gasteiger partial charge in [-0.2, -0.15) is 0 Å². The van der Waals surface area contributed by atoms with E-state index in [0.29, 0.717) is 6.42 Å². The number of aliphatic hydroxyl groups excluding tert-OH is 2. The van der Waals surface area contributed by atoms with Crippen molar-refractivity contribution in [2.45, 2.75) is 38.8 Å². The second-order valence-corrected chi connectivity index (χ2v) is 5.57. The van der Waals surface area contributed by atoms with Gasteiger partial charge in [0.25, 0.3) is 0 Å². The van der Waals surface area contributed by atoms with Crippen LogP contribution in [0, 0.1) is 6.92 Å². The normalized spacial score (nSPS) is 16.4. The van der Waals surface area contributed by atoms with Crippen molar-refractivity contribution in [2.75, 3.05) is 6.61 Å². The lowest BCUT2D eigenvalue weighted by Gasteiger charge is -2.16. The summed E-state index contributed by atoms with van der Waals surface area (Å²) in [5.41, 5.74) is 3.97. The summed E-state index contributed by atoms with van der Waals surface area (Å²) >= 11 is 0. The summed E-state index contributed by atoms with van der Waals surface area (Å²) in [5, 5.41) is 19.9. The maximum atomic E-state index is 12.3. The highest BCUT2D eigenvalue weighted by Gasteiger charge is 2.26. The maximum Gasteiger partial charge on any atom is 0.179 e. The van der Waals surface area contributed by atoms with Crippen molar-refractivity contribution in [1.29, 1.82) is 0 Å².